The molecule has 2 atom stereocenters. The van der Waals surface area contributed by atoms with Crippen LogP contribution in [0.1, 0.15) is 19.3 Å². The van der Waals surface area contributed by atoms with E-state index in [1.807, 2.05) is 0 Å². The highest BCUT2D eigenvalue weighted by Crippen LogP contribution is 2.16. The van der Waals surface area contributed by atoms with E-state index in [9.17, 15) is 5.11 Å². The number of hydrogen-bond donors (Lipinski definition) is 5. The van der Waals surface area contributed by atoms with E-state index in [-0.39, 0.29) is 13.2 Å². The van der Waals surface area contributed by atoms with Gasteiger partial charge in [0.15, 0.2) is 0 Å². The van der Waals surface area contributed by atoms with Gasteiger partial charge in [-0.05, 0) is 38.9 Å². The first-order valence-corrected chi connectivity index (χ1v) is 7.33. The first-order chi connectivity index (χ1) is 9.27. The number of aliphatic hydroxyl groups excluding tert-OH is 3. The normalized spacial score (nSPS) is 21.9. The van der Waals surface area contributed by atoms with Gasteiger partial charge in [-0.2, -0.15) is 0 Å². The van der Waals surface area contributed by atoms with Crippen LogP contribution in [0, 0.1) is 0 Å². The van der Waals surface area contributed by atoms with Crippen molar-refractivity contribution in [2.45, 2.75) is 31.4 Å². The van der Waals surface area contributed by atoms with Gasteiger partial charge in [0, 0.05) is 25.7 Å². The zero-order valence-corrected chi connectivity index (χ0v) is 11.7. The molecule has 0 spiro atoms. The molecule has 0 bridgehead atoms. The first kappa shape index (κ1) is 16.8. The van der Waals surface area contributed by atoms with E-state index in [2.05, 4.69) is 15.5 Å². The Morgan fingerprint density at radius 2 is 1.95 bits per heavy atom. The summed E-state index contributed by atoms with van der Waals surface area (Å²) in [4.78, 5) is 2.26. The number of likely N-dealkylation sites (tertiary alicyclic amines) is 1. The summed E-state index contributed by atoms with van der Waals surface area (Å²) in [6.07, 6.45) is 2.76. The van der Waals surface area contributed by atoms with Crippen LogP contribution in [0.3, 0.4) is 0 Å². The zero-order valence-electron chi connectivity index (χ0n) is 11.7. The van der Waals surface area contributed by atoms with Crippen molar-refractivity contribution >= 4 is 0 Å². The van der Waals surface area contributed by atoms with E-state index in [4.69, 9.17) is 10.2 Å². The average molecular weight is 275 g/mol. The molecule has 1 fully saturated rings. The maximum Gasteiger partial charge on any atom is 0.0897 e. The minimum absolute atomic E-state index is 0.160. The number of aliphatic hydroxyl groups is 3. The summed E-state index contributed by atoms with van der Waals surface area (Å²) in [6.45, 7) is 5.11. The largest absolute Gasteiger partial charge is 0.395 e. The Morgan fingerprint density at radius 3 is 2.68 bits per heavy atom. The molecule has 1 saturated heterocycles. The Kier molecular flexibility index (Phi) is 9.32. The molecular formula is C13H29N3O3. The number of nitrogens with one attached hydrogen (secondary N) is 2. The second-order valence-electron chi connectivity index (χ2n) is 5.16. The Hall–Kier alpha value is -0.240. The van der Waals surface area contributed by atoms with E-state index in [0.717, 1.165) is 39.0 Å². The fourth-order valence-electron chi connectivity index (χ4n) is 2.51. The number of rotatable bonds is 11. The van der Waals surface area contributed by atoms with Crippen LogP contribution in [0.15, 0.2) is 0 Å². The van der Waals surface area contributed by atoms with Gasteiger partial charge in [-0.15, -0.1) is 0 Å². The lowest BCUT2D eigenvalue weighted by Gasteiger charge is -2.26. The molecular weight excluding hydrogens is 246 g/mol. The van der Waals surface area contributed by atoms with Crippen molar-refractivity contribution in [2.75, 3.05) is 52.5 Å². The second-order valence-corrected chi connectivity index (χ2v) is 5.16. The standard InChI is InChI=1S/C13H29N3O3/c17-8-6-14-4-2-5-15-9-12-3-1-7-16(12)10-13(19)11-18/h12-15,17-19H,1-11H2. The van der Waals surface area contributed by atoms with Gasteiger partial charge in [0.1, 0.15) is 0 Å². The minimum Gasteiger partial charge on any atom is -0.395 e. The fourth-order valence-corrected chi connectivity index (χ4v) is 2.51. The van der Waals surface area contributed by atoms with E-state index < -0.39 is 6.10 Å². The predicted octanol–water partition coefficient (Wildman–Crippen LogP) is -1.63. The quantitative estimate of drug-likeness (QED) is 0.291. The van der Waals surface area contributed by atoms with Gasteiger partial charge in [-0.3, -0.25) is 4.90 Å². The second kappa shape index (κ2) is 10.5. The average Bonchev–Trinajstić information content (AvgIpc) is 2.85. The molecule has 0 radical (unpaired) electrons. The lowest BCUT2D eigenvalue weighted by molar-refractivity contribution is 0.0553. The molecule has 0 aromatic heterocycles. The van der Waals surface area contributed by atoms with Crippen molar-refractivity contribution in [1.29, 1.82) is 0 Å². The van der Waals surface area contributed by atoms with Crippen molar-refractivity contribution < 1.29 is 15.3 Å². The van der Waals surface area contributed by atoms with Gasteiger partial charge < -0.3 is 26.0 Å². The highest BCUT2D eigenvalue weighted by atomic mass is 16.3. The Bertz CT molecular complexity index is 219. The highest BCUT2D eigenvalue weighted by Gasteiger charge is 2.25. The third kappa shape index (κ3) is 7.20. The molecule has 0 aromatic rings. The van der Waals surface area contributed by atoms with Gasteiger partial charge in [0.25, 0.3) is 0 Å². The van der Waals surface area contributed by atoms with Crippen LogP contribution >= 0.6 is 0 Å². The molecule has 1 rings (SSSR count). The summed E-state index contributed by atoms with van der Waals surface area (Å²) in [7, 11) is 0. The molecule has 1 aliphatic rings. The Morgan fingerprint density at radius 1 is 1.16 bits per heavy atom. The lowest BCUT2D eigenvalue weighted by Crippen LogP contribution is -2.42. The Labute approximate surface area is 115 Å². The maximum absolute atomic E-state index is 9.49. The van der Waals surface area contributed by atoms with Crippen LogP contribution in [0.25, 0.3) is 0 Å². The summed E-state index contributed by atoms with van der Waals surface area (Å²) in [6, 6.07) is 0.478. The van der Waals surface area contributed by atoms with E-state index in [0.29, 0.717) is 19.1 Å². The molecule has 6 heteroatoms. The van der Waals surface area contributed by atoms with Crippen LogP contribution < -0.4 is 10.6 Å². The van der Waals surface area contributed by atoms with Crippen LogP contribution in [0.4, 0.5) is 0 Å². The van der Waals surface area contributed by atoms with Gasteiger partial charge in [0.2, 0.25) is 0 Å². The van der Waals surface area contributed by atoms with Crippen molar-refractivity contribution in [3.63, 3.8) is 0 Å². The van der Waals surface area contributed by atoms with Crippen LogP contribution in [0.5, 0.6) is 0 Å². The highest BCUT2D eigenvalue weighted by molar-refractivity contribution is 4.82. The third-order valence-electron chi connectivity index (χ3n) is 3.53. The molecule has 6 nitrogen and oxygen atoms in total. The molecule has 0 saturated carbocycles. The van der Waals surface area contributed by atoms with E-state index >= 15 is 0 Å². The van der Waals surface area contributed by atoms with Crippen molar-refractivity contribution in [2.24, 2.45) is 0 Å². The number of β-amino-alcohol motifs (C(OH)–C–C–N with tert-alkyl or cyclic N) is 1. The van der Waals surface area contributed by atoms with Crippen molar-refractivity contribution in [3.8, 4) is 0 Å². The monoisotopic (exact) mass is 275 g/mol. The minimum atomic E-state index is -0.622. The topological polar surface area (TPSA) is 88.0 Å². The summed E-state index contributed by atoms with van der Waals surface area (Å²) in [5, 5.41) is 33.6. The van der Waals surface area contributed by atoms with Gasteiger partial charge in [-0.25, -0.2) is 0 Å². The zero-order chi connectivity index (χ0) is 13.9. The number of nitrogens with zero attached hydrogens (tertiary/aromatic N) is 1. The third-order valence-corrected chi connectivity index (χ3v) is 3.53. The predicted molar refractivity (Wildman–Crippen MR) is 75.1 cm³/mol. The maximum atomic E-state index is 9.49. The molecule has 0 aliphatic carbocycles. The van der Waals surface area contributed by atoms with E-state index in [1.165, 1.54) is 6.42 Å². The number of hydrogen-bond acceptors (Lipinski definition) is 6. The van der Waals surface area contributed by atoms with Crippen LogP contribution in [0.2, 0.25) is 0 Å². The molecule has 2 unspecified atom stereocenters. The van der Waals surface area contributed by atoms with Gasteiger partial charge >= 0.3 is 0 Å². The molecule has 5 N–H and O–H groups in total. The Balaban J connectivity index is 2.04. The first-order valence-electron chi connectivity index (χ1n) is 7.33. The van der Waals surface area contributed by atoms with Crippen molar-refractivity contribution in [3.05, 3.63) is 0 Å². The molecule has 1 heterocycles. The van der Waals surface area contributed by atoms with Crippen LogP contribution in [-0.2, 0) is 0 Å². The fraction of sp³-hybridized carbons (Fsp3) is 1.00. The van der Waals surface area contributed by atoms with Crippen molar-refractivity contribution in [1.82, 2.24) is 15.5 Å². The summed E-state index contributed by atoms with van der Waals surface area (Å²) in [5.74, 6) is 0. The summed E-state index contributed by atoms with van der Waals surface area (Å²) >= 11 is 0. The molecule has 114 valence electrons. The summed E-state index contributed by atoms with van der Waals surface area (Å²) in [5.41, 5.74) is 0. The van der Waals surface area contributed by atoms with E-state index in [1.54, 1.807) is 0 Å². The molecule has 1 aliphatic heterocycles. The molecule has 19 heavy (non-hydrogen) atoms. The van der Waals surface area contributed by atoms with Gasteiger partial charge in [0.05, 0.1) is 19.3 Å². The van der Waals surface area contributed by atoms with Gasteiger partial charge in [-0.1, -0.05) is 0 Å². The lowest BCUT2D eigenvalue weighted by atomic mass is 10.2. The molecule has 0 amide bonds. The molecule has 0 aromatic carbocycles. The summed E-state index contributed by atoms with van der Waals surface area (Å²) < 4.78 is 0. The smallest absolute Gasteiger partial charge is 0.0897 e. The SMILES string of the molecule is OCCNCCCNCC1CCCN1CC(O)CO. The van der Waals surface area contributed by atoms with Crippen LogP contribution in [-0.4, -0.2) is 84.8 Å².